The van der Waals surface area contributed by atoms with Crippen LogP contribution < -0.4 is 0 Å². The van der Waals surface area contributed by atoms with E-state index in [1.165, 1.54) is 0 Å². The molecule has 1 aromatic heterocycles. The lowest BCUT2D eigenvalue weighted by Gasteiger charge is -1.96. The summed E-state index contributed by atoms with van der Waals surface area (Å²) in [7, 11) is 0. The predicted octanol–water partition coefficient (Wildman–Crippen LogP) is 1.45. The molecule has 82 valence electrons. The topological polar surface area (TPSA) is 73.8 Å². The second-order valence-electron chi connectivity index (χ2n) is 2.87. The van der Waals surface area contributed by atoms with E-state index in [9.17, 15) is 18.9 Å². The Morgan fingerprint density at radius 3 is 2.38 bits per heavy atom. The second-order valence-corrected chi connectivity index (χ2v) is 2.87. The largest absolute Gasteiger partial charge is 0.491 e. The van der Waals surface area contributed by atoms with Crippen LogP contribution in [0.3, 0.4) is 0 Å². The fourth-order valence-electron chi connectivity index (χ4n) is 1.13. The summed E-state index contributed by atoms with van der Waals surface area (Å²) >= 11 is 0. The van der Waals surface area contributed by atoms with E-state index in [0.717, 1.165) is 23.1 Å². The molecule has 0 amide bonds. The third-order valence-corrected chi connectivity index (χ3v) is 1.75. The molecule has 0 unspecified atom stereocenters. The van der Waals surface area contributed by atoms with Crippen molar-refractivity contribution in [2.24, 2.45) is 0 Å². The minimum atomic E-state index is -0.799. The van der Waals surface area contributed by atoms with Crippen molar-refractivity contribution in [3.63, 3.8) is 0 Å². The molecule has 0 aliphatic heterocycles. The Morgan fingerprint density at radius 2 is 1.88 bits per heavy atom. The standard InChI is InChI=1S/C8H4F2N4O2/c9-5-1-6(10)3-7(2-5)13-4-11-8(12-13)14(15)16/h1-4H. The smallest absolute Gasteiger partial charge is 0.390 e. The SMILES string of the molecule is O=[N+]([O-])c1ncn(-c2cc(F)cc(F)c2)n1. The van der Waals surface area contributed by atoms with Crippen molar-refractivity contribution in [2.75, 3.05) is 0 Å². The van der Waals surface area contributed by atoms with Gasteiger partial charge in [0, 0.05) is 23.3 Å². The predicted molar refractivity (Wildman–Crippen MR) is 47.9 cm³/mol. The number of rotatable bonds is 2. The van der Waals surface area contributed by atoms with Crippen LogP contribution >= 0.6 is 0 Å². The fraction of sp³-hybridized carbons (Fsp3) is 0. The molecule has 16 heavy (non-hydrogen) atoms. The number of benzene rings is 1. The first kappa shape index (κ1) is 10.1. The van der Waals surface area contributed by atoms with Crippen LogP contribution in [0, 0.1) is 21.7 Å². The summed E-state index contributed by atoms with van der Waals surface area (Å²) < 4.78 is 26.6. The maximum absolute atomic E-state index is 12.8. The first-order valence-electron chi connectivity index (χ1n) is 4.09. The number of aromatic nitrogens is 3. The third kappa shape index (κ3) is 1.85. The lowest BCUT2D eigenvalue weighted by atomic mass is 10.3. The zero-order valence-corrected chi connectivity index (χ0v) is 7.67. The van der Waals surface area contributed by atoms with Crippen LogP contribution in [-0.4, -0.2) is 19.7 Å². The first-order valence-corrected chi connectivity index (χ1v) is 4.09. The molecule has 0 fully saturated rings. The Hall–Kier alpha value is -2.38. The van der Waals surface area contributed by atoms with Gasteiger partial charge in [-0.15, -0.1) is 4.68 Å². The summed E-state index contributed by atoms with van der Waals surface area (Å²) in [5.41, 5.74) is 0.0260. The number of hydrogen-bond donors (Lipinski definition) is 0. The zero-order valence-electron chi connectivity index (χ0n) is 7.67. The van der Waals surface area contributed by atoms with Crippen LogP contribution in [-0.2, 0) is 0 Å². The van der Waals surface area contributed by atoms with Crippen LogP contribution in [0.1, 0.15) is 0 Å². The number of halogens is 2. The Balaban J connectivity index is 2.46. The van der Waals surface area contributed by atoms with Crippen molar-refractivity contribution in [1.82, 2.24) is 14.8 Å². The molecule has 0 bridgehead atoms. The van der Waals surface area contributed by atoms with Crippen LogP contribution in [0.2, 0.25) is 0 Å². The maximum atomic E-state index is 12.8. The number of nitro groups is 1. The van der Waals surface area contributed by atoms with Gasteiger partial charge in [-0.1, -0.05) is 4.98 Å². The molecule has 2 aromatic rings. The van der Waals surface area contributed by atoms with E-state index in [0.29, 0.717) is 6.07 Å². The average Bonchev–Trinajstić information content (AvgIpc) is 2.64. The van der Waals surface area contributed by atoms with E-state index in [4.69, 9.17) is 0 Å². The molecule has 0 radical (unpaired) electrons. The van der Waals surface area contributed by atoms with Crippen LogP contribution in [0.15, 0.2) is 24.5 Å². The zero-order chi connectivity index (χ0) is 11.7. The van der Waals surface area contributed by atoms with Gasteiger partial charge < -0.3 is 10.1 Å². The van der Waals surface area contributed by atoms with E-state index in [1.807, 2.05) is 0 Å². The first-order chi connectivity index (χ1) is 7.56. The van der Waals surface area contributed by atoms with E-state index < -0.39 is 22.5 Å². The van der Waals surface area contributed by atoms with Gasteiger partial charge in [-0.25, -0.2) is 8.78 Å². The molecule has 0 aliphatic rings. The highest BCUT2D eigenvalue weighted by molar-refractivity contribution is 5.31. The van der Waals surface area contributed by atoms with E-state index >= 15 is 0 Å². The maximum Gasteiger partial charge on any atom is 0.491 e. The van der Waals surface area contributed by atoms with E-state index in [1.54, 1.807) is 0 Å². The summed E-state index contributed by atoms with van der Waals surface area (Å²) in [5, 5.41) is 13.7. The number of hydrogen-bond acceptors (Lipinski definition) is 4. The van der Waals surface area contributed by atoms with Crippen LogP contribution in [0.4, 0.5) is 14.7 Å². The molecule has 0 aliphatic carbocycles. The molecule has 0 spiro atoms. The molecular formula is C8H4F2N4O2. The Kier molecular flexibility index (Phi) is 2.31. The Morgan fingerprint density at radius 1 is 1.25 bits per heavy atom. The molecule has 8 heteroatoms. The molecule has 1 heterocycles. The normalized spacial score (nSPS) is 10.4. The van der Waals surface area contributed by atoms with Crippen molar-refractivity contribution in [2.45, 2.75) is 0 Å². The average molecular weight is 226 g/mol. The van der Waals surface area contributed by atoms with Gasteiger partial charge in [0.1, 0.15) is 11.6 Å². The Bertz CT molecular complexity index is 534. The summed E-state index contributed by atoms with van der Waals surface area (Å²) in [6.07, 6.45) is 1.01. The highest BCUT2D eigenvalue weighted by Gasteiger charge is 2.15. The van der Waals surface area contributed by atoms with Gasteiger partial charge in [0.05, 0.1) is 5.69 Å². The summed E-state index contributed by atoms with van der Waals surface area (Å²) in [6.45, 7) is 0. The van der Waals surface area contributed by atoms with Crippen molar-refractivity contribution in [3.8, 4) is 5.69 Å². The monoisotopic (exact) mass is 226 g/mol. The molecular weight excluding hydrogens is 222 g/mol. The highest BCUT2D eigenvalue weighted by atomic mass is 19.1. The van der Waals surface area contributed by atoms with Gasteiger partial charge >= 0.3 is 5.95 Å². The van der Waals surface area contributed by atoms with Crippen LogP contribution in [0.5, 0.6) is 0 Å². The molecule has 2 rings (SSSR count). The highest BCUT2D eigenvalue weighted by Crippen LogP contribution is 2.12. The molecule has 0 atom stereocenters. The van der Waals surface area contributed by atoms with Crippen molar-refractivity contribution >= 4 is 5.95 Å². The van der Waals surface area contributed by atoms with Gasteiger partial charge in [0.2, 0.25) is 6.33 Å². The van der Waals surface area contributed by atoms with E-state index in [2.05, 4.69) is 10.1 Å². The van der Waals surface area contributed by atoms with Crippen molar-refractivity contribution in [1.29, 1.82) is 0 Å². The summed E-state index contributed by atoms with van der Waals surface area (Å²) in [4.78, 5) is 12.9. The summed E-state index contributed by atoms with van der Waals surface area (Å²) in [6, 6.07) is 2.66. The minimum Gasteiger partial charge on any atom is -0.390 e. The molecule has 0 saturated heterocycles. The second kappa shape index (κ2) is 3.65. The lowest BCUT2D eigenvalue weighted by molar-refractivity contribution is -0.394. The minimum absolute atomic E-state index is 0.0260. The van der Waals surface area contributed by atoms with E-state index in [-0.39, 0.29) is 5.69 Å². The molecule has 6 nitrogen and oxygen atoms in total. The van der Waals surface area contributed by atoms with Gasteiger partial charge in [-0.05, 0) is 4.92 Å². The molecule has 1 aromatic carbocycles. The molecule has 0 saturated carbocycles. The fourth-order valence-corrected chi connectivity index (χ4v) is 1.13. The van der Waals surface area contributed by atoms with Crippen LogP contribution in [0.25, 0.3) is 5.69 Å². The molecule has 0 N–H and O–H groups in total. The van der Waals surface area contributed by atoms with Crippen molar-refractivity contribution < 1.29 is 13.7 Å². The van der Waals surface area contributed by atoms with Gasteiger partial charge in [0.15, 0.2) is 0 Å². The van der Waals surface area contributed by atoms with Gasteiger partial charge in [0.25, 0.3) is 0 Å². The quantitative estimate of drug-likeness (QED) is 0.573. The summed E-state index contributed by atoms with van der Waals surface area (Å²) in [5.74, 6) is -2.23. The van der Waals surface area contributed by atoms with Gasteiger partial charge in [-0.2, -0.15) is 0 Å². The third-order valence-electron chi connectivity index (χ3n) is 1.75. The van der Waals surface area contributed by atoms with Gasteiger partial charge in [-0.3, -0.25) is 0 Å². The Labute approximate surface area is 87.3 Å². The van der Waals surface area contributed by atoms with Crippen molar-refractivity contribution in [3.05, 3.63) is 46.3 Å². The number of nitrogens with zero attached hydrogens (tertiary/aromatic N) is 4. The lowest BCUT2D eigenvalue weighted by Crippen LogP contribution is -1.98.